The molecule has 25 heavy (non-hydrogen) atoms. The Bertz CT molecular complexity index is 540. The number of carbonyl (C=O) groups excluding carboxylic acids is 1. The normalized spacial score (nSPS) is 32.2. The van der Waals surface area contributed by atoms with Gasteiger partial charge in [-0.2, -0.15) is 0 Å². The van der Waals surface area contributed by atoms with E-state index in [1.807, 2.05) is 0 Å². The predicted octanol–water partition coefficient (Wildman–Crippen LogP) is 2.01. The maximum Gasteiger partial charge on any atom is 0.224 e. The Morgan fingerprint density at radius 1 is 0.880 bits per heavy atom. The highest BCUT2D eigenvalue weighted by Crippen LogP contribution is 2.30. The summed E-state index contributed by atoms with van der Waals surface area (Å²) in [6.07, 6.45) is 11.4. The van der Waals surface area contributed by atoms with Gasteiger partial charge in [0.2, 0.25) is 15.9 Å². The molecule has 2 aliphatic carbocycles. The van der Waals surface area contributed by atoms with E-state index >= 15 is 0 Å². The minimum atomic E-state index is -3.33. The predicted molar refractivity (Wildman–Crippen MR) is 98.5 cm³/mol. The third kappa shape index (κ3) is 5.41. The molecule has 1 heterocycles. The molecule has 2 saturated carbocycles. The maximum absolute atomic E-state index is 12.8. The van der Waals surface area contributed by atoms with E-state index in [1.54, 1.807) is 0 Å². The zero-order valence-corrected chi connectivity index (χ0v) is 16.0. The van der Waals surface area contributed by atoms with E-state index in [4.69, 9.17) is 0 Å². The van der Waals surface area contributed by atoms with Gasteiger partial charge in [-0.3, -0.25) is 10.1 Å². The van der Waals surface area contributed by atoms with Gasteiger partial charge in [-0.15, -0.1) is 0 Å². The third-order valence-electron chi connectivity index (χ3n) is 6.00. The van der Waals surface area contributed by atoms with Gasteiger partial charge >= 0.3 is 0 Å². The van der Waals surface area contributed by atoms with Crippen molar-refractivity contribution in [2.45, 2.75) is 94.5 Å². The molecule has 0 aromatic heterocycles. The number of sulfonamides is 1. The summed E-state index contributed by atoms with van der Waals surface area (Å²) in [6, 6.07) is 0.0967. The van der Waals surface area contributed by atoms with E-state index in [-0.39, 0.29) is 24.0 Å². The number of piperidine rings is 1. The Labute approximate surface area is 151 Å². The molecular weight excluding hydrogens is 338 g/mol. The van der Waals surface area contributed by atoms with Crippen molar-refractivity contribution in [1.29, 1.82) is 0 Å². The third-order valence-corrected chi connectivity index (χ3v) is 7.97. The van der Waals surface area contributed by atoms with Gasteiger partial charge < -0.3 is 5.32 Å². The number of rotatable bonds is 5. The second-order valence-electron chi connectivity index (χ2n) is 7.99. The van der Waals surface area contributed by atoms with Crippen LogP contribution >= 0.6 is 0 Å². The molecule has 1 aliphatic heterocycles. The van der Waals surface area contributed by atoms with Gasteiger partial charge in [-0.05, 0) is 57.9 Å². The second kappa shape index (κ2) is 8.82. The van der Waals surface area contributed by atoms with Crippen LogP contribution in [0.1, 0.15) is 77.0 Å². The Morgan fingerprint density at radius 3 is 2.36 bits per heavy atom. The fourth-order valence-corrected chi connectivity index (χ4v) is 6.33. The monoisotopic (exact) mass is 371 g/mol. The number of nitrogens with one attached hydrogen (secondary N) is 3. The zero-order chi connectivity index (χ0) is 17.7. The summed E-state index contributed by atoms with van der Waals surface area (Å²) in [7, 11) is -3.33. The van der Waals surface area contributed by atoms with Crippen LogP contribution in [0.15, 0.2) is 0 Å². The SMILES string of the molecule is O=C(NC1CCCCN1)C1CCCC(S(=O)(=O)NC2CCCCC2)C1. The van der Waals surface area contributed by atoms with Gasteiger partial charge in [-0.25, -0.2) is 13.1 Å². The van der Waals surface area contributed by atoms with Gasteiger partial charge in [0.1, 0.15) is 0 Å². The van der Waals surface area contributed by atoms with Crippen molar-refractivity contribution in [2.75, 3.05) is 6.54 Å². The maximum atomic E-state index is 12.8. The lowest BCUT2D eigenvalue weighted by molar-refractivity contribution is -0.127. The van der Waals surface area contributed by atoms with Crippen LogP contribution < -0.4 is 15.4 Å². The van der Waals surface area contributed by atoms with Crippen molar-refractivity contribution in [3.63, 3.8) is 0 Å². The van der Waals surface area contributed by atoms with Gasteiger partial charge in [0, 0.05) is 12.0 Å². The average Bonchev–Trinajstić information content (AvgIpc) is 2.63. The first kappa shape index (κ1) is 19.1. The second-order valence-corrected chi connectivity index (χ2v) is 9.99. The van der Waals surface area contributed by atoms with Gasteiger partial charge in [0.15, 0.2) is 0 Å². The van der Waals surface area contributed by atoms with E-state index in [9.17, 15) is 13.2 Å². The molecule has 3 atom stereocenters. The average molecular weight is 372 g/mol. The summed E-state index contributed by atoms with van der Waals surface area (Å²) < 4.78 is 28.4. The lowest BCUT2D eigenvalue weighted by atomic mass is 9.88. The van der Waals surface area contributed by atoms with Crippen molar-refractivity contribution < 1.29 is 13.2 Å². The molecule has 1 amide bonds. The molecule has 1 saturated heterocycles. The first-order valence-electron chi connectivity index (χ1n) is 10.1. The fraction of sp³-hybridized carbons (Fsp3) is 0.944. The first-order chi connectivity index (χ1) is 12.0. The van der Waals surface area contributed by atoms with E-state index in [0.29, 0.717) is 12.8 Å². The van der Waals surface area contributed by atoms with E-state index < -0.39 is 15.3 Å². The number of hydrogen-bond donors (Lipinski definition) is 3. The quantitative estimate of drug-likeness (QED) is 0.690. The van der Waals surface area contributed by atoms with Crippen LogP contribution in [-0.2, 0) is 14.8 Å². The highest BCUT2D eigenvalue weighted by Gasteiger charge is 2.36. The fourth-order valence-electron chi connectivity index (χ4n) is 4.48. The van der Waals surface area contributed by atoms with Crippen molar-refractivity contribution in [3.05, 3.63) is 0 Å². The van der Waals surface area contributed by atoms with E-state index in [1.165, 1.54) is 6.42 Å². The van der Waals surface area contributed by atoms with Gasteiger partial charge in [-0.1, -0.05) is 25.7 Å². The van der Waals surface area contributed by atoms with Crippen molar-refractivity contribution >= 4 is 15.9 Å². The van der Waals surface area contributed by atoms with Crippen LogP contribution in [0.5, 0.6) is 0 Å². The van der Waals surface area contributed by atoms with E-state index in [0.717, 1.165) is 64.3 Å². The highest BCUT2D eigenvalue weighted by molar-refractivity contribution is 7.90. The molecule has 3 fully saturated rings. The van der Waals surface area contributed by atoms with Crippen LogP contribution in [0.25, 0.3) is 0 Å². The summed E-state index contributed by atoms with van der Waals surface area (Å²) in [5.74, 6) is -0.151. The zero-order valence-electron chi connectivity index (χ0n) is 15.1. The van der Waals surface area contributed by atoms with Crippen LogP contribution in [-0.4, -0.2) is 38.3 Å². The molecule has 6 nitrogen and oxygen atoms in total. The molecule has 0 bridgehead atoms. The molecule has 0 aromatic rings. The molecule has 3 N–H and O–H groups in total. The number of amides is 1. The van der Waals surface area contributed by atoms with Crippen LogP contribution in [0.2, 0.25) is 0 Å². The minimum absolute atomic E-state index is 0.0250. The Balaban J connectivity index is 1.53. The number of carbonyl (C=O) groups is 1. The molecule has 3 aliphatic rings. The molecule has 0 radical (unpaired) electrons. The largest absolute Gasteiger partial charge is 0.341 e. The van der Waals surface area contributed by atoms with Crippen LogP contribution in [0.4, 0.5) is 0 Å². The van der Waals surface area contributed by atoms with Crippen molar-refractivity contribution in [3.8, 4) is 0 Å². The van der Waals surface area contributed by atoms with Gasteiger partial charge in [0.05, 0.1) is 11.4 Å². The van der Waals surface area contributed by atoms with Crippen LogP contribution in [0.3, 0.4) is 0 Å². The summed E-state index contributed by atoms with van der Waals surface area (Å²) >= 11 is 0. The topological polar surface area (TPSA) is 87.3 Å². The lowest BCUT2D eigenvalue weighted by Gasteiger charge is -2.32. The van der Waals surface area contributed by atoms with E-state index in [2.05, 4.69) is 15.4 Å². The number of hydrogen-bond acceptors (Lipinski definition) is 4. The Hall–Kier alpha value is -0.660. The highest BCUT2D eigenvalue weighted by atomic mass is 32.2. The molecule has 7 heteroatoms. The van der Waals surface area contributed by atoms with Crippen molar-refractivity contribution in [1.82, 2.24) is 15.4 Å². The summed E-state index contributed by atoms with van der Waals surface area (Å²) in [4.78, 5) is 12.6. The molecule has 3 unspecified atom stereocenters. The Kier molecular flexibility index (Phi) is 6.74. The minimum Gasteiger partial charge on any atom is -0.341 e. The molecular formula is C18H33N3O3S. The molecule has 144 valence electrons. The molecule has 3 rings (SSSR count). The van der Waals surface area contributed by atoms with Crippen molar-refractivity contribution in [2.24, 2.45) is 5.92 Å². The first-order valence-corrected chi connectivity index (χ1v) is 11.6. The van der Waals surface area contributed by atoms with Crippen LogP contribution in [0, 0.1) is 5.92 Å². The molecule has 0 spiro atoms. The molecule has 0 aromatic carbocycles. The summed E-state index contributed by atoms with van der Waals surface area (Å²) in [6.45, 7) is 0.942. The standard InChI is InChI=1S/C18H33N3O3S/c22-18(20-17-11-4-5-12-19-17)14-7-6-10-16(13-14)25(23,24)21-15-8-2-1-3-9-15/h14-17,19,21H,1-13H2,(H,20,22). The lowest BCUT2D eigenvalue weighted by Crippen LogP contribution is -2.51. The summed E-state index contributed by atoms with van der Waals surface area (Å²) in [5, 5.41) is 5.98. The Morgan fingerprint density at radius 2 is 1.64 bits per heavy atom. The van der Waals surface area contributed by atoms with Gasteiger partial charge in [0.25, 0.3) is 0 Å². The summed E-state index contributed by atoms with van der Waals surface area (Å²) in [5.41, 5.74) is 0. The smallest absolute Gasteiger partial charge is 0.224 e.